The summed E-state index contributed by atoms with van der Waals surface area (Å²) in [6, 6.07) is 88.8. The molecule has 0 fully saturated rings. The fourth-order valence-electron chi connectivity index (χ4n) is 10.2. The lowest BCUT2D eigenvalue weighted by Crippen LogP contribution is -2.23. The van der Waals surface area contributed by atoms with Crippen molar-refractivity contribution < 1.29 is 0 Å². The van der Waals surface area contributed by atoms with Gasteiger partial charge in [0.15, 0.2) is 0 Å². The Morgan fingerprint density at radius 1 is 0.382 bits per heavy atom. The quantitative estimate of drug-likeness (QED) is 0.165. The molecule has 0 saturated heterocycles. The summed E-state index contributed by atoms with van der Waals surface area (Å²) in [7, 11) is 0. The van der Waals surface area contributed by atoms with Crippen molar-refractivity contribution in [2.75, 3.05) is 10.2 Å². The van der Waals surface area contributed by atoms with Crippen LogP contribution in [-0.2, 0) is 0 Å². The van der Waals surface area contributed by atoms with E-state index in [0.29, 0.717) is 0 Å². The monoisotopic (exact) mass is 869 g/mol. The van der Waals surface area contributed by atoms with Crippen LogP contribution in [0, 0.1) is 0 Å². The van der Waals surface area contributed by atoms with Gasteiger partial charge in [0, 0.05) is 39.2 Å². The highest BCUT2D eigenvalue weighted by Crippen LogP contribution is 2.47. The van der Waals surface area contributed by atoms with E-state index < -0.39 is 0 Å². The molecule has 1 N–H and O–H groups in total. The minimum Gasteiger partial charge on any atom is -0.359 e. The van der Waals surface area contributed by atoms with Gasteiger partial charge in [-0.25, -0.2) is 9.97 Å². The van der Waals surface area contributed by atoms with Crippen molar-refractivity contribution in [2.45, 2.75) is 6.17 Å². The minimum atomic E-state index is -0.0905. The Balaban J connectivity index is 1.01. The van der Waals surface area contributed by atoms with E-state index in [1.807, 2.05) is 0 Å². The number of nitrogens with zero attached hydrogens (tertiary/aromatic N) is 4. The van der Waals surface area contributed by atoms with Gasteiger partial charge in [0.25, 0.3) is 0 Å². The van der Waals surface area contributed by atoms with E-state index in [1.54, 1.807) is 0 Å². The number of hydrogen-bond acceptors (Lipinski definition) is 4. The molecule has 5 nitrogen and oxygen atoms in total. The van der Waals surface area contributed by atoms with Crippen LogP contribution in [0.15, 0.2) is 249 Å². The fraction of sp³-hybridized carbons (Fsp3) is 0.0159. The molecular weight excluding hydrogens is 827 g/mol. The zero-order valence-corrected chi connectivity index (χ0v) is 37.0. The van der Waals surface area contributed by atoms with Crippen LogP contribution in [0.1, 0.15) is 11.7 Å². The van der Waals surface area contributed by atoms with Crippen molar-refractivity contribution in [3.63, 3.8) is 0 Å². The molecule has 1 atom stereocenters. The Morgan fingerprint density at radius 3 is 1.56 bits per heavy atom. The SMILES string of the molecule is c1ccc(N2c3ccccc3NC2c2ccc(-c3nc(-c4ccc(-c5nc6ccccc6n5-c5ccccc5)cc4)c(-c4cccc5ccccc45)cc3-c3cccc4ccccc34)cc2)cc1. The Morgan fingerprint density at radius 2 is 0.897 bits per heavy atom. The van der Waals surface area contributed by atoms with Gasteiger partial charge in [-0.3, -0.25) is 4.57 Å². The van der Waals surface area contributed by atoms with Gasteiger partial charge in [0.05, 0.1) is 33.8 Å². The van der Waals surface area contributed by atoms with Crippen molar-refractivity contribution in [1.29, 1.82) is 0 Å². The topological polar surface area (TPSA) is 46.0 Å². The van der Waals surface area contributed by atoms with Gasteiger partial charge in [0.1, 0.15) is 12.0 Å². The summed E-state index contributed by atoms with van der Waals surface area (Å²) in [5.41, 5.74) is 17.0. The summed E-state index contributed by atoms with van der Waals surface area (Å²) in [4.78, 5) is 13.4. The Bertz CT molecular complexity index is 3810. The average Bonchev–Trinajstić information content (AvgIpc) is 4.01. The van der Waals surface area contributed by atoms with Crippen molar-refractivity contribution in [3.8, 4) is 61.8 Å². The molecule has 10 aromatic carbocycles. The molecule has 13 rings (SSSR count). The molecule has 1 aliphatic heterocycles. The molecule has 1 unspecified atom stereocenters. The smallest absolute Gasteiger partial charge is 0.145 e. The summed E-state index contributed by atoms with van der Waals surface area (Å²) < 4.78 is 2.25. The van der Waals surface area contributed by atoms with Crippen LogP contribution >= 0.6 is 0 Å². The van der Waals surface area contributed by atoms with Crippen LogP contribution in [0.4, 0.5) is 17.1 Å². The van der Waals surface area contributed by atoms with Gasteiger partial charge in [-0.05, 0) is 92.8 Å². The molecular formula is C63H43N5. The van der Waals surface area contributed by atoms with Crippen molar-refractivity contribution in [1.82, 2.24) is 14.5 Å². The van der Waals surface area contributed by atoms with Gasteiger partial charge in [-0.15, -0.1) is 0 Å². The summed E-state index contributed by atoms with van der Waals surface area (Å²) in [6.07, 6.45) is -0.0905. The predicted octanol–water partition coefficient (Wildman–Crippen LogP) is 16.3. The number of imidazole rings is 1. The molecule has 68 heavy (non-hydrogen) atoms. The average molecular weight is 870 g/mol. The first-order chi connectivity index (χ1) is 33.7. The first-order valence-electron chi connectivity index (χ1n) is 23.2. The lowest BCUT2D eigenvalue weighted by molar-refractivity contribution is 0.828. The molecule has 5 heteroatoms. The van der Waals surface area contributed by atoms with Gasteiger partial charge in [-0.2, -0.15) is 0 Å². The van der Waals surface area contributed by atoms with Crippen LogP contribution in [-0.4, -0.2) is 14.5 Å². The van der Waals surface area contributed by atoms with Crippen LogP contribution in [0.25, 0.3) is 94.4 Å². The largest absolute Gasteiger partial charge is 0.359 e. The Labute approximate surface area is 394 Å². The number of benzene rings is 10. The second kappa shape index (κ2) is 16.4. The summed E-state index contributed by atoms with van der Waals surface area (Å²) in [5.74, 6) is 0.893. The van der Waals surface area contributed by atoms with Crippen LogP contribution in [0.5, 0.6) is 0 Å². The highest BCUT2D eigenvalue weighted by atomic mass is 15.3. The maximum Gasteiger partial charge on any atom is 0.145 e. The molecule has 3 heterocycles. The number of fused-ring (bicyclic) bond motifs is 4. The van der Waals surface area contributed by atoms with E-state index in [0.717, 1.165) is 95.5 Å². The van der Waals surface area contributed by atoms with Gasteiger partial charge in [-0.1, -0.05) is 194 Å². The number of hydrogen-bond donors (Lipinski definition) is 1. The first kappa shape index (κ1) is 39.3. The Kier molecular flexibility index (Phi) is 9.50. The number of anilines is 3. The summed E-state index contributed by atoms with van der Waals surface area (Å²) >= 11 is 0. The van der Waals surface area contributed by atoms with E-state index in [4.69, 9.17) is 9.97 Å². The van der Waals surface area contributed by atoms with E-state index in [2.05, 4.69) is 264 Å². The third-order valence-electron chi connectivity index (χ3n) is 13.4. The molecule has 320 valence electrons. The van der Waals surface area contributed by atoms with E-state index in [9.17, 15) is 0 Å². The van der Waals surface area contributed by atoms with E-state index in [1.165, 1.54) is 21.5 Å². The van der Waals surface area contributed by atoms with Crippen molar-refractivity contribution in [3.05, 3.63) is 254 Å². The van der Waals surface area contributed by atoms with E-state index in [-0.39, 0.29) is 6.17 Å². The third-order valence-corrected chi connectivity index (χ3v) is 13.4. The van der Waals surface area contributed by atoms with Crippen LogP contribution in [0.3, 0.4) is 0 Å². The number of pyridine rings is 1. The predicted molar refractivity (Wildman–Crippen MR) is 282 cm³/mol. The second-order valence-electron chi connectivity index (χ2n) is 17.4. The lowest BCUT2D eigenvalue weighted by atomic mass is 9.88. The van der Waals surface area contributed by atoms with Crippen LogP contribution in [0.2, 0.25) is 0 Å². The minimum absolute atomic E-state index is 0.0905. The highest BCUT2D eigenvalue weighted by Gasteiger charge is 2.31. The Hall–Kier alpha value is -9.06. The molecule has 0 radical (unpaired) electrons. The maximum absolute atomic E-state index is 5.86. The highest BCUT2D eigenvalue weighted by molar-refractivity contribution is 6.05. The summed E-state index contributed by atoms with van der Waals surface area (Å²) in [5, 5.41) is 8.56. The van der Waals surface area contributed by atoms with Crippen molar-refractivity contribution >= 4 is 49.6 Å². The molecule has 1 aliphatic rings. The zero-order chi connectivity index (χ0) is 45.0. The fourth-order valence-corrected chi connectivity index (χ4v) is 10.2. The number of rotatable bonds is 8. The molecule has 12 aromatic rings. The number of aromatic nitrogens is 3. The molecule has 0 bridgehead atoms. The van der Waals surface area contributed by atoms with Gasteiger partial charge in [0.2, 0.25) is 0 Å². The maximum atomic E-state index is 5.86. The van der Waals surface area contributed by atoms with Crippen LogP contribution < -0.4 is 10.2 Å². The zero-order valence-electron chi connectivity index (χ0n) is 37.0. The standard InChI is InChI=1S/C63H43N5/c1-3-21-48(22-4-1)67-58-31-13-11-29-56(58)64-62(67)46-37-33-44(34-38-46)60-54(52-27-15-19-42-17-7-9-25-50(42)52)41-55(53-28-16-20-43-18-8-10-26-51(43)53)61(66-60)45-35-39-47(40-36-45)63-65-57-30-12-14-32-59(57)68(63)49-23-5-2-6-24-49/h1-41,62,64H. The van der Waals surface area contributed by atoms with Crippen molar-refractivity contribution in [2.24, 2.45) is 0 Å². The molecule has 0 aliphatic carbocycles. The lowest BCUT2D eigenvalue weighted by Gasteiger charge is -2.27. The summed E-state index contributed by atoms with van der Waals surface area (Å²) in [6.45, 7) is 0. The third kappa shape index (κ3) is 6.71. The normalized spacial score (nSPS) is 13.2. The molecule has 2 aromatic heterocycles. The van der Waals surface area contributed by atoms with Gasteiger partial charge < -0.3 is 10.2 Å². The van der Waals surface area contributed by atoms with Gasteiger partial charge >= 0.3 is 0 Å². The second-order valence-corrected chi connectivity index (χ2v) is 17.4. The van der Waals surface area contributed by atoms with E-state index >= 15 is 0 Å². The number of nitrogens with one attached hydrogen (secondary N) is 1. The number of para-hydroxylation sites is 6. The molecule has 0 spiro atoms. The molecule has 0 amide bonds. The first-order valence-corrected chi connectivity index (χ1v) is 23.2. The molecule has 0 saturated carbocycles.